The Morgan fingerprint density at radius 3 is 2.89 bits per heavy atom. The van der Waals surface area contributed by atoms with E-state index in [0.29, 0.717) is 36.0 Å². The van der Waals surface area contributed by atoms with Crippen LogP contribution in [0.25, 0.3) is 5.57 Å². The summed E-state index contributed by atoms with van der Waals surface area (Å²) in [4.78, 5) is 19.1. The highest BCUT2D eigenvalue weighted by molar-refractivity contribution is 5.94. The number of nitrogens with two attached hydrogens (primary N) is 1. The Morgan fingerprint density at radius 1 is 1.50 bits per heavy atom. The molecule has 8 heteroatoms. The molecule has 0 saturated heterocycles. The van der Waals surface area contributed by atoms with Crippen LogP contribution in [0.5, 0.6) is 5.75 Å². The quantitative estimate of drug-likeness (QED) is 0.595. The number of hydrogen-bond acceptors (Lipinski definition) is 6. The largest absolute Gasteiger partial charge is 0.512 e. The third kappa shape index (κ3) is 4.12. The minimum atomic E-state index is -0.406. The Morgan fingerprint density at radius 2 is 2.25 bits per heavy atom. The number of nitrogens with zero attached hydrogens (tertiary/aromatic N) is 2. The van der Waals surface area contributed by atoms with Gasteiger partial charge in [0.25, 0.3) is 0 Å². The number of dihydropyridines is 1. The summed E-state index contributed by atoms with van der Waals surface area (Å²) in [5, 5.41) is 16.2. The fourth-order valence-corrected chi connectivity index (χ4v) is 3.45. The maximum Gasteiger partial charge on any atom is 0.327 e. The van der Waals surface area contributed by atoms with Crippen molar-refractivity contribution in [3.63, 3.8) is 0 Å². The van der Waals surface area contributed by atoms with Gasteiger partial charge in [-0.25, -0.2) is 9.78 Å². The Bertz CT molecular complexity index is 869. The monoisotopic (exact) mass is 385 g/mol. The van der Waals surface area contributed by atoms with E-state index in [2.05, 4.69) is 15.6 Å². The molecule has 150 valence electrons. The van der Waals surface area contributed by atoms with Crippen molar-refractivity contribution in [3.05, 3.63) is 47.1 Å². The average molecular weight is 385 g/mol. The number of pyridine rings is 1. The molecule has 2 amide bonds. The summed E-state index contributed by atoms with van der Waals surface area (Å²) in [6, 6.07) is 2.93. The lowest BCUT2D eigenvalue weighted by Gasteiger charge is -2.30. The Labute approximate surface area is 164 Å². The van der Waals surface area contributed by atoms with Gasteiger partial charge in [-0.2, -0.15) is 0 Å². The number of rotatable bonds is 3. The molecule has 8 nitrogen and oxygen atoms in total. The standard InChI is InChI=1S/C20H27N5O3/c1-11-9-15(10-12(2)22-11)23-20(27)25-7-8-28-17-6-5-16(24-19(17)25)18(13(3)21)14(4)26/h5-6,9-11,13,22,26H,7-8,21H2,1-4H3,(H,23,27)/b18-14+. The number of aromatic nitrogens is 1. The number of hydrogen-bond donors (Lipinski definition) is 4. The van der Waals surface area contributed by atoms with Crippen LogP contribution in [-0.4, -0.2) is 41.4 Å². The molecule has 1 aromatic heterocycles. The molecule has 2 aliphatic heterocycles. The second-order valence-electron chi connectivity index (χ2n) is 7.12. The van der Waals surface area contributed by atoms with Crippen LogP contribution in [0.1, 0.15) is 33.4 Å². The van der Waals surface area contributed by atoms with Gasteiger partial charge in [0.05, 0.1) is 18.0 Å². The molecule has 28 heavy (non-hydrogen) atoms. The van der Waals surface area contributed by atoms with E-state index in [-0.39, 0.29) is 17.8 Å². The highest BCUT2D eigenvalue weighted by Gasteiger charge is 2.27. The van der Waals surface area contributed by atoms with Crippen LogP contribution < -0.4 is 26.0 Å². The van der Waals surface area contributed by atoms with E-state index >= 15 is 0 Å². The molecule has 0 saturated carbocycles. The van der Waals surface area contributed by atoms with Gasteiger partial charge in [-0.3, -0.25) is 4.90 Å². The summed E-state index contributed by atoms with van der Waals surface area (Å²) in [5.74, 6) is 1.03. The van der Waals surface area contributed by atoms with Crippen LogP contribution in [0.3, 0.4) is 0 Å². The lowest BCUT2D eigenvalue weighted by Crippen LogP contribution is -2.45. The summed E-state index contributed by atoms with van der Waals surface area (Å²) < 4.78 is 5.65. The molecule has 0 aromatic carbocycles. The van der Waals surface area contributed by atoms with E-state index in [0.717, 1.165) is 11.4 Å². The van der Waals surface area contributed by atoms with Gasteiger partial charge >= 0.3 is 6.03 Å². The van der Waals surface area contributed by atoms with E-state index in [9.17, 15) is 9.90 Å². The number of aliphatic hydroxyl groups excluding tert-OH is 1. The van der Waals surface area contributed by atoms with Crippen molar-refractivity contribution in [3.8, 4) is 5.75 Å². The molecule has 0 fully saturated rings. The summed E-state index contributed by atoms with van der Waals surface area (Å²) in [6.45, 7) is 8.06. The minimum absolute atomic E-state index is 0.102. The first-order valence-corrected chi connectivity index (χ1v) is 9.31. The Balaban J connectivity index is 1.91. The van der Waals surface area contributed by atoms with Crippen molar-refractivity contribution >= 4 is 17.4 Å². The third-order valence-corrected chi connectivity index (χ3v) is 4.54. The number of carbonyl (C=O) groups is 1. The average Bonchev–Trinajstić information content (AvgIpc) is 2.59. The lowest BCUT2D eigenvalue weighted by molar-refractivity contribution is 0.241. The number of allylic oxidation sites excluding steroid dienone is 3. The number of nitrogens with one attached hydrogen (secondary N) is 2. The first-order chi connectivity index (χ1) is 13.3. The second kappa shape index (κ2) is 7.93. The van der Waals surface area contributed by atoms with E-state index in [1.54, 1.807) is 30.9 Å². The molecular formula is C20H27N5O3. The van der Waals surface area contributed by atoms with Gasteiger partial charge in [0, 0.05) is 29.1 Å². The summed E-state index contributed by atoms with van der Waals surface area (Å²) >= 11 is 0. The molecule has 2 aliphatic rings. The van der Waals surface area contributed by atoms with Crippen molar-refractivity contribution in [2.45, 2.75) is 39.8 Å². The Hall–Kier alpha value is -3.00. The third-order valence-electron chi connectivity index (χ3n) is 4.54. The van der Waals surface area contributed by atoms with Crippen molar-refractivity contribution in [2.24, 2.45) is 5.73 Å². The molecule has 2 atom stereocenters. The maximum atomic E-state index is 12.9. The topological polar surface area (TPSA) is 113 Å². The normalized spacial score (nSPS) is 20.6. The van der Waals surface area contributed by atoms with Crippen LogP contribution in [0.2, 0.25) is 0 Å². The van der Waals surface area contributed by atoms with E-state index in [1.807, 2.05) is 26.0 Å². The molecule has 5 N–H and O–H groups in total. The van der Waals surface area contributed by atoms with Gasteiger partial charge in [0.2, 0.25) is 0 Å². The smallest absolute Gasteiger partial charge is 0.327 e. The van der Waals surface area contributed by atoms with Crippen LogP contribution in [0.4, 0.5) is 10.6 Å². The van der Waals surface area contributed by atoms with Gasteiger partial charge < -0.3 is 26.2 Å². The van der Waals surface area contributed by atoms with Crippen LogP contribution >= 0.6 is 0 Å². The lowest BCUT2D eigenvalue weighted by atomic mass is 10.0. The van der Waals surface area contributed by atoms with Gasteiger partial charge in [-0.05, 0) is 52.0 Å². The van der Waals surface area contributed by atoms with Crippen molar-refractivity contribution in [1.82, 2.24) is 15.6 Å². The highest BCUT2D eigenvalue weighted by atomic mass is 16.5. The fourth-order valence-electron chi connectivity index (χ4n) is 3.45. The number of carbonyl (C=O) groups excluding carboxylic acids is 1. The summed E-state index contributed by atoms with van der Waals surface area (Å²) in [5.41, 5.74) is 8.75. The fraction of sp³-hybridized carbons (Fsp3) is 0.400. The van der Waals surface area contributed by atoms with Gasteiger partial charge in [-0.15, -0.1) is 0 Å². The molecular weight excluding hydrogens is 358 g/mol. The summed E-state index contributed by atoms with van der Waals surface area (Å²) in [7, 11) is 0. The molecule has 2 unspecified atom stereocenters. The first-order valence-electron chi connectivity index (χ1n) is 9.31. The molecule has 0 aliphatic carbocycles. The van der Waals surface area contributed by atoms with Crippen LogP contribution in [-0.2, 0) is 0 Å². The van der Waals surface area contributed by atoms with Crippen LogP contribution in [0.15, 0.2) is 41.4 Å². The molecule has 3 heterocycles. The summed E-state index contributed by atoms with van der Waals surface area (Å²) in [6.07, 6.45) is 3.83. The molecule has 0 radical (unpaired) electrons. The van der Waals surface area contributed by atoms with Crippen LogP contribution in [0, 0.1) is 0 Å². The minimum Gasteiger partial charge on any atom is -0.512 e. The van der Waals surface area contributed by atoms with Crippen molar-refractivity contribution < 1.29 is 14.6 Å². The van der Waals surface area contributed by atoms with Gasteiger partial charge in [-0.1, -0.05) is 0 Å². The highest BCUT2D eigenvalue weighted by Crippen LogP contribution is 2.32. The number of aliphatic hydroxyl groups is 1. The van der Waals surface area contributed by atoms with E-state index < -0.39 is 6.04 Å². The molecule has 3 rings (SSSR count). The Kier molecular flexibility index (Phi) is 5.60. The molecule has 0 spiro atoms. The maximum absolute atomic E-state index is 12.9. The number of amides is 2. The number of ether oxygens (including phenoxy) is 1. The van der Waals surface area contributed by atoms with Crippen molar-refractivity contribution in [1.29, 1.82) is 0 Å². The van der Waals surface area contributed by atoms with Gasteiger partial charge in [0.15, 0.2) is 11.6 Å². The molecule has 0 bridgehead atoms. The number of anilines is 1. The predicted molar refractivity (Wildman–Crippen MR) is 109 cm³/mol. The number of fused-ring (bicyclic) bond motifs is 1. The zero-order valence-corrected chi connectivity index (χ0v) is 16.6. The van der Waals surface area contributed by atoms with E-state index in [4.69, 9.17) is 10.5 Å². The zero-order valence-electron chi connectivity index (χ0n) is 16.6. The second-order valence-corrected chi connectivity index (χ2v) is 7.12. The van der Waals surface area contributed by atoms with Gasteiger partial charge in [0.1, 0.15) is 6.61 Å². The predicted octanol–water partition coefficient (Wildman–Crippen LogP) is 2.41. The number of urea groups is 1. The molecule has 1 aromatic rings. The first kappa shape index (κ1) is 19.8. The zero-order chi connectivity index (χ0) is 20.4. The van der Waals surface area contributed by atoms with Crippen molar-refractivity contribution in [2.75, 3.05) is 18.1 Å². The van der Waals surface area contributed by atoms with E-state index in [1.165, 1.54) is 0 Å². The SMILES string of the molecule is CC1=CC(NC(=O)N2CCOc3ccc(/C(=C(\C)O)C(C)N)nc32)=CC(C)N1.